The van der Waals surface area contributed by atoms with E-state index in [4.69, 9.17) is 11.6 Å². The minimum Gasteiger partial charge on any atom is -0.323 e. The molecule has 1 heterocycles. The summed E-state index contributed by atoms with van der Waals surface area (Å²) in [4.78, 5) is 12.6. The second kappa shape index (κ2) is 7.17. The van der Waals surface area contributed by atoms with Crippen molar-refractivity contribution >= 4 is 45.4 Å². The number of amides is 1. The first-order chi connectivity index (χ1) is 9.76. The second-order valence-electron chi connectivity index (χ2n) is 5.45. The van der Waals surface area contributed by atoms with E-state index in [1.165, 1.54) is 0 Å². The first-order valence-electron chi connectivity index (χ1n) is 6.74. The highest BCUT2D eigenvalue weighted by Gasteiger charge is 2.48. The van der Waals surface area contributed by atoms with Gasteiger partial charge < -0.3 is 10.6 Å². The number of rotatable bonds is 3. The lowest BCUT2D eigenvalue weighted by molar-refractivity contribution is -0.119. The first-order valence-corrected chi connectivity index (χ1v) is 9.01. The zero-order chi connectivity index (χ0) is 15.7. The Bertz CT molecular complexity index is 656. The lowest BCUT2D eigenvalue weighted by Crippen LogP contribution is -2.55. The molecule has 0 atom stereocenters. The molecule has 0 aliphatic carbocycles. The molecule has 2 rings (SSSR count). The largest absolute Gasteiger partial charge is 0.323 e. The highest BCUT2D eigenvalue weighted by Crippen LogP contribution is 2.31. The number of anilines is 1. The number of halogens is 2. The molecular weight excluding hydrogens is 347 g/mol. The Morgan fingerprint density at radius 1 is 1.32 bits per heavy atom. The van der Waals surface area contributed by atoms with Crippen molar-refractivity contribution in [1.82, 2.24) is 5.32 Å². The summed E-state index contributed by atoms with van der Waals surface area (Å²) in [5.74, 6) is -0.503. The maximum Gasteiger partial charge on any atom is 0.245 e. The van der Waals surface area contributed by atoms with Crippen LogP contribution in [0, 0.1) is 6.92 Å². The van der Waals surface area contributed by atoms with Crippen LogP contribution in [-0.2, 0) is 14.6 Å². The van der Waals surface area contributed by atoms with Crippen LogP contribution in [0.25, 0.3) is 0 Å². The number of benzene rings is 1. The number of piperidine rings is 1. The molecule has 5 nitrogen and oxygen atoms in total. The van der Waals surface area contributed by atoms with Gasteiger partial charge in [0.05, 0.1) is 10.7 Å². The van der Waals surface area contributed by atoms with Crippen LogP contribution in [0.5, 0.6) is 0 Å². The van der Waals surface area contributed by atoms with E-state index >= 15 is 0 Å². The molecule has 1 aromatic rings. The van der Waals surface area contributed by atoms with Gasteiger partial charge >= 0.3 is 0 Å². The van der Waals surface area contributed by atoms with Gasteiger partial charge in [-0.25, -0.2) is 8.42 Å². The zero-order valence-corrected chi connectivity index (χ0v) is 14.9. The predicted octanol–water partition coefficient (Wildman–Crippen LogP) is 2.18. The molecule has 0 saturated carbocycles. The summed E-state index contributed by atoms with van der Waals surface area (Å²) in [7, 11) is -3.52. The van der Waals surface area contributed by atoms with Gasteiger partial charge in [-0.2, -0.15) is 0 Å². The molecule has 1 amide bonds. The van der Waals surface area contributed by atoms with E-state index in [1.807, 2.05) is 13.0 Å². The van der Waals surface area contributed by atoms with Gasteiger partial charge in [-0.05, 0) is 50.6 Å². The highest BCUT2D eigenvalue weighted by atomic mass is 35.5. The van der Waals surface area contributed by atoms with Crippen LogP contribution < -0.4 is 10.6 Å². The standard InChI is InChI=1S/C14H19ClN2O3S.ClH/c1-10-3-4-12(11(15)9-10)17-13(18)14(21(2,19)20)5-7-16-8-6-14;/h3-4,9,16H,5-8H2,1-2H3,(H,17,18);1H. The fourth-order valence-corrected chi connectivity index (χ4v) is 4.17. The lowest BCUT2D eigenvalue weighted by atomic mass is 9.95. The van der Waals surface area contributed by atoms with Gasteiger partial charge in [0, 0.05) is 6.26 Å². The third-order valence-corrected chi connectivity index (χ3v) is 6.23. The zero-order valence-electron chi connectivity index (χ0n) is 12.5. The number of carbonyl (C=O) groups is 1. The lowest BCUT2D eigenvalue weighted by Gasteiger charge is -2.34. The van der Waals surface area contributed by atoms with Crippen molar-refractivity contribution in [3.8, 4) is 0 Å². The molecule has 1 aliphatic rings. The van der Waals surface area contributed by atoms with Gasteiger partial charge in [-0.1, -0.05) is 17.7 Å². The Labute approximate surface area is 142 Å². The van der Waals surface area contributed by atoms with Gasteiger partial charge in [-0.15, -0.1) is 12.4 Å². The van der Waals surface area contributed by atoms with Crippen molar-refractivity contribution in [2.75, 3.05) is 24.7 Å². The van der Waals surface area contributed by atoms with E-state index in [-0.39, 0.29) is 25.2 Å². The molecular formula is C14H20Cl2N2O3S. The smallest absolute Gasteiger partial charge is 0.245 e. The summed E-state index contributed by atoms with van der Waals surface area (Å²) in [5, 5.41) is 6.16. The van der Waals surface area contributed by atoms with E-state index in [1.54, 1.807) is 12.1 Å². The molecule has 8 heteroatoms. The molecule has 0 spiro atoms. The van der Waals surface area contributed by atoms with E-state index < -0.39 is 20.5 Å². The van der Waals surface area contributed by atoms with Gasteiger partial charge in [0.2, 0.25) is 5.91 Å². The van der Waals surface area contributed by atoms with E-state index in [0.29, 0.717) is 23.8 Å². The SMILES string of the molecule is Cc1ccc(NC(=O)C2(S(C)(=O)=O)CCNCC2)c(Cl)c1.Cl. The predicted molar refractivity (Wildman–Crippen MR) is 91.7 cm³/mol. The van der Waals surface area contributed by atoms with Gasteiger partial charge in [0.15, 0.2) is 14.6 Å². The molecule has 124 valence electrons. The molecule has 1 aromatic carbocycles. The van der Waals surface area contributed by atoms with Gasteiger partial charge in [0.25, 0.3) is 0 Å². The van der Waals surface area contributed by atoms with Crippen molar-refractivity contribution in [1.29, 1.82) is 0 Å². The van der Waals surface area contributed by atoms with Crippen LogP contribution in [0.1, 0.15) is 18.4 Å². The van der Waals surface area contributed by atoms with Crippen molar-refractivity contribution in [2.24, 2.45) is 0 Å². The topological polar surface area (TPSA) is 75.3 Å². The summed E-state index contributed by atoms with van der Waals surface area (Å²) >= 11 is 6.10. The number of sulfone groups is 1. The monoisotopic (exact) mass is 366 g/mol. The second-order valence-corrected chi connectivity index (χ2v) is 8.19. The Morgan fingerprint density at radius 3 is 2.41 bits per heavy atom. The summed E-state index contributed by atoms with van der Waals surface area (Å²) in [5.41, 5.74) is 1.41. The van der Waals surface area contributed by atoms with Crippen LogP contribution in [0.4, 0.5) is 5.69 Å². The van der Waals surface area contributed by atoms with E-state index in [0.717, 1.165) is 11.8 Å². The molecule has 0 unspecified atom stereocenters. The average Bonchev–Trinajstić information content (AvgIpc) is 2.41. The van der Waals surface area contributed by atoms with Crippen LogP contribution in [-0.4, -0.2) is 38.4 Å². The molecule has 0 bridgehead atoms. The molecule has 1 fully saturated rings. The Balaban J connectivity index is 0.00000242. The molecule has 22 heavy (non-hydrogen) atoms. The number of aryl methyl sites for hydroxylation is 1. The van der Waals surface area contributed by atoms with Crippen LogP contribution in [0.3, 0.4) is 0 Å². The fourth-order valence-electron chi connectivity index (χ4n) is 2.55. The summed E-state index contributed by atoms with van der Waals surface area (Å²) < 4.78 is 22.9. The van der Waals surface area contributed by atoms with Crippen LogP contribution >= 0.6 is 24.0 Å². The normalized spacial score (nSPS) is 17.4. The Kier molecular flexibility index (Phi) is 6.27. The summed E-state index contributed by atoms with van der Waals surface area (Å²) in [6.07, 6.45) is 1.65. The highest BCUT2D eigenvalue weighted by molar-refractivity contribution is 7.92. The number of hydrogen-bond donors (Lipinski definition) is 2. The Morgan fingerprint density at radius 2 is 1.91 bits per heavy atom. The summed E-state index contributed by atoms with van der Waals surface area (Å²) in [6.45, 7) is 2.90. The minimum atomic E-state index is -3.52. The molecule has 0 radical (unpaired) electrons. The molecule has 2 N–H and O–H groups in total. The van der Waals surface area contributed by atoms with Crippen molar-refractivity contribution < 1.29 is 13.2 Å². The third kappa shape index (κ3) is 3.74. The minimum absolute atomic E-state index is 0. The average molecular weight is 367 g/mol. The molecule has 1 saturated heterocycles. The first kappa shape index (κ1) is 19.2. The number of carbonyl (C=O) groups excluding carboxylic acids is 1. The van der Waals surface area contributed by atoms with Crippen LogP contribution in [0.15, 0.2) is 18.2 Å². The maximum atomic E-state index is 12.6. The molecule has 1 aliphatic heterocycles. The van der Waals surface area contributed by atoms with Gasteiger partial charge in [0.1, 0.15) is 0 Å². The number of nitrogens with one attached hydrogen (secondary N) is 2. The number of hydrogen-bond acceptors (Lipinski definition) is 4. The fraction of sp³-hybridized carbons (Fsp3) is 0.500. The van der Waals surface area contributed by atoms with Crippen LogP contribution in [0.2, 0.25) is 5.02 Å². The van der Waals surface area contributed by atoms with E-state index in [2.05, 4.69) is 10.6 Å². The van der Waals surface area contributed by atoms with Crippen molar-refractivity contribution in [2.45, 2.75) is 24.5 Å². The maximum absolute atomic E-state index is 12.6. The van der Waals surface area contributed by atoms with Crippen molar-refractivity contribution in [3.05, 3.63) is 28.8 Å². The van der Waals surface area contributed by atoms with Gasteiger partial charge in [-0.3, -0.25) is 4.79 Å². The Hall–Kier alpha value is -0.820. The quantitative estimate of drug-likeness (QED) is 0.859. The van der Waals surface area contributed by atoms with E-state index in [9.17, 15) is 13.2 Å². The summed E-state index contributed by atoms with van der Waals surface area (Å²) in [6, 6.07) is 5.23. The third-order valence-electron chi connectivity index (χ3n) is 3.91. The van der Waals surface area contributed by atoms with Crippen molar-refractivity contribution in [3.63, 3.8) is 0 Å². The molecule has 0 aromatic heterocycles.